The number of nitrogens with one attached hydrogen (secondary N) is 1. The number of ether oxygens (including phenoxy) is 1. The van der Waals surface area contributed by atoms with Gasteiger partial charge in [0.25, 0.3) is 6.43 Å². The van der Waals surface area contributed by atoms with Gasteiger partial charge < -0.3 is 15.8 Å². The Labute approximate surface area is 139 Å². The first kappa shape index (κ1) is 17.9. The zero-order valence-electron chi connectivity index (χ0n) is 13.1. The van der Waals surface area contributed by atoms with Crippen molar-refractivity contribution in [2.75, 3.05) is 6.61 Å². The van der Waals surface area contributed by atoms with Crippen LogP contribution in [-0.4, -0.2) is 25.0 Å². The first-order valence-electron chi connectivity index (χ1n) is 7.61. The lowest BCUT2D eigenvalue weighted by Crippen LogP contribution is -2.41. The molecule has 0 aliphatic heterocycles. The molecule has 1 atom stereocenters. The van der Waals surface area contributed by atoms with E-state index in [9.17, 15) is 13.6 Å². The van der Waals surface area contributed by atoms with Gasteiger partial charge in [0.15, 0.2) is 0 Å². The largest absolute Gasteiger partial charge is 0.488 e. The molecule has 2 aromatic carbocycles. The normalized spacial score (nSPS) is 12.0. The Morgan fingerprint density at radius 1 is 1.08 bits per heavy atom. The van der Waals surface area contributed by atoms with Crippen LogP contribution in [0.15, 0.2) is 54.6 Å². The number of carbonyl (C=O) groups is 1. The summed E-state index contributed by atoms with van der Waals surface area (Å²) in [5, 5.41) is 2.74. The molecule has 3 N–H and O–H groups in total. The van der Waals surface area contributed by atoms with E-state index >= 15 is 0 Å². The minimum atomic E-state index is -2.52. The third-order valence-electron chi connectivity index (χ3n) is 3.38. The van der Waals surface area contributed by atoms with E-state index in [0.29, 0.717) is 12.2 Å². The fourth-order valence-electron chi connectivity index (χ4n) is 2.19. The highest BCUT2D eigenvalue weighted by Gasteiger charge is 2.13. The molecule has 0 unspecified atom stereocenters. The van der Waals surface area contributed by atoms with Gasteiger partial charge in [-0.05, 0) is 29.7 Å². The SMILES string of the molecule is N[C@@H](Cc1ccccc1)C(=O)NCc1cccc(OCC(F)F)c1. The molecule has 0 radical (unpaired) electrons. The molecule has 128 valence electrons. The molecule has 0 saturated heterocycles. The van der Waals surface area contributed by atoms with E-state index in [4.69, 9.17) is 10.5 Å². The number of nitrogens with two attached hydrogens (primary N) is 1. The molecule has 4 nitrogen and oxygen atoms in total. The second-order valence-electron chi connectivity index (χ2n) is 5.36. The summed E-state index contributed by atoms with van der Waals surface area (Å²) in [6.07, 6.45) is -2.08. The monoisotopic (exact) mass is 334 g/mol. The zero-order chi connectivity index (χ0) is 17.4. The second kappa shape index (κ2) is 8.98. The molecule has 6 heteroatoms. The quantitative estimate of drug-likeness (QED) is 0.780. The number of halogens is 2. The molecule has 0 heterocycles. The van der Waals surface area contributed by atoms with Crippen molar-refractivity contribution < 1.29 is 18.3 Å². The standard InChI is InChI=1S/C18H20F2N2O2/c19-17(20)12-24-15-8-4-7-14(9-15)11-22-18(23)16(21)10-13-5-2-1-3-6-13/h1-9,16-17H,10-12,21H2,(H,22,23)/t16-/m0/s1. The summed E-state index contributed by atoms with van der Waals surface area (Å²) in [5.41, 5.74) is 7.64. The van der Waals surface area contributed by atoms with E-state index in [2.05, 4.69) is 5.32 Å². The molecule has 0 saturated carbocycles. The van der Waals surface area contributed by atoms with E-state index in [0.717, 1.165) is 11.1 Å². The number of amides is 1. The molecular formula is C18H20F2N2O2. The second-order valence-corrected chi connectivity index (χ2v) is 5.36. The van der Waals surface area contributed by atoms with Crippen molar-refractivity contribution in [2.24, 2.45) is 5.73 Å². The van der Waals surface area contributed by atoms with E-state index in [1.807, 2.05) is 30.3 Å². The highest BCUT2D eigenvalue weighted by molar-refractivity contribution is 5.81. The number of hydrogen-bond acceptors (Lipinski definition) is 3. The summed E-state index contributed by atoms with van der Waals surface area (Å²) < 4.78 is 29.2. The van der Waals surface area contributed by atoms with Crippen LogP contribution in [0.25, 0.3) is 0 Å². The molecule has 0 aromatic heterocycles. The summed E-state index contributed by atoms with van der Waals surface area (Å²) in [7, 11) is 0. The van der Waals surface area contributed by atoms with Crippen molar-refractivity contribution in [3.05, 3.63) is 65.7 Å². The van der Waals surface area contributed by atoms with Crippen LogP contribution in [-0.2, 0) is 17.8 Å². The van der Waals surface area contributed by atoms with Crippen molar-refractivity contribution in [1.82, 2.24) is 5.32 Å². The third-order valence-corrected chi connectivity index (χ3v) is 3.38. The first-order chi connectivity index (χ1) is 11.5. The Morgan fingerprint density at radius 2 is 1.79 bits per heavy atom. The average Bonchev–Trinajstić information content (AvgIpc) is 2.59. The van der Waals surface area contributed by atoms with E-state index in [1.54, 1.807) is 24.3 Å². The Hall–Kier alpha value is -2.47. The predicted octanol–water partition coefficient (Wildman–Crippen LogP) is 2.52. The highest BCUT2D eigenvalue weighted by atomic mass is 19.3. The van der Waals surface area contributed by atoms with E-state index in [-0.39, 0.29) is 12.5 Å². The molecule has 2 aromatic rings. The van der Waals surface area contributed by atoms with Crippen LogP contribution in [0.2, 0.25) is 0 Å². The average molecular weight is 334 g/mol. The zero-order valence-corrected chi connectivity index (χ0v) is 13.1. The molecule has 0 fully saturated rings. The van der Waals surface area contributed by atoms with Gasteiger partial charge in [0.2, 0.25) is 5.91 Å². The van der Waals surface area contributed by atoms with Crippen LogP contribution < -0.4 is 15.8 Å². The summed E-state index contributed by atoms with van der Waals surface area (Å²) in [6, 6.07) is 15.5. The van der Waals surface area contributed by atoms with Crippen molar-refractivity contribution in [1.29, 1.82) is 0 Å². The number of carbonyl (C=O) groups excluding carboxylic acids is 1. The molecule has 0 aliphatic carbocycles. The number of alkyl halides is 2. The smallest absolute Gasteiger partial charge is 0.272 e. The van der Waals surface area contributed by atoms with Gasteiger partial charge in [0.1, 0.15) is 12.4 Å². The molecule has 2 rings (SSSR count). The van der Waals surface area contributed by atoms with Crippen LogP contribution >= 0.6 is 0 Å². The molecule has 0 bridgehead atoms. The minimum Gasteiger partial charge on any atom is -0.488 e. The Bertz CT molecular complexity index is 650. The van der Waals surface area contributed by atoms with Crippen molar-refractivity contribution in [3.8, 4) is 5.75 Å². The summed E-state index contributed by atoms with van der Waals surface area (Å²) in [6.45, 7) is -0.398. The molecule has 24 heavy (non-hydrogen) atoms. The molecule has 0 aliphatic rings. The number of benzene rings is 2. The van der Waals surface area contributed by atoms with Crippen molar-refractivity contribution >= 4 is 5.91 Å². The van der Waals surface area contributed by atoms with Gasteiger partial charge in [0, 0.05) is 6.54 Å². The lowest BCUT2D eigenvalue weighted by molar-refractivity contribution is -0.122. The fraction of sp³-hybridized carbons (Fsp3) is 0.278. The maximum absolute atomic E-state index is 12.1. The lowest BCUT2D eigenvalue weighted by Gasteiger charge is -2.13. The summed E-state index contributed by atoms with van der Waals surface area (Å²) in [4.78, 5) is 12.1. The topological polar surface area (TPSA) is 64.4 Å². The van der Waals surface area contributed by atoms with Crippen LogP contribution in [0.1, 0.15) is 11.1 Å². The Morgan fingerprint density at radius 3 is 2.50 bits per heavy atom. The molecule has 0 spiro atoms. The first-order valence-corrected chi connectivity index (χ1v) is 7.61. The minimum absolute atomic E-state index is 0.257. The van der Waals surface area contributed by atoms with Gasteiger partial charge in [-0.1, -0.05) is 42.5 Å². The van der Waals surface area contributed by atoms with Gasteiger partial charge in [-0.15, -0.1) is 0 Å². The maximum Gasteiger partial charge on any atom is 0.272 e. The number of rotatable bonds is 8. The van der Waals surface area contributed by atoms with Crippen molar-refractivity contribution in [3.63, 3.8) is 0 Å². The predicted molar refractivity (Wildman–Crippen MR) is 87.9 cm³/mol. The molecule has 1 amide bonds. The van der Waals surface area contributed by atoms with Gasteiger partial charge >= 0.3 is 0 Å². The van der Waals surface area contributed by atoms with Crippen LogP contribution in [0.3, 0.4) is 0 Å². The van der Waals surface area contributed by atoms with Crippen LogP contribution in [0.5, 0.6) is 5.75 Å². The highest BCUT2D eigenvalue weighted by Crippen LogP contribution is 2.14. The van der Waals surface area contributed by atoms with Crippen LogP contribution in [0.4, 0.5) is 8.78 Å². The third kappa shape index (κ3) is 5.96. The van der Waals surface area contributed by atoms with E-state index < -0.39 is 19.1 Å². The van der Waals surface area contributed by atoms with Gasteiger partial charge in [0.05, 0.1) is 6.04 Å². The summed E-state index contributed by atoms with van der Waals surface area (Å²) >= 11 is 0. The summed E-state index contributed by atoms with van der Waals surface area (Å²) in [5.74, 6) is 0.0772. The van der Waals surface area contributed by atoms with E-state index in [1.165, 1.54) is 0 Å². The maximum atomic E-state index is 12.1. The number of hydrogen-bond donors (Lipinski definition) is 2. The van der Waals surface area contributed by atoms with Gasteiger partial charge in [-0.3, -0.25) is 4.79 Å². The fourth-order valence-corrected chi connectivity index (χ4v) is 2.19. The lowest BCUT2D eigenvalue weighted by atomic mass is 10.1. The van der Waals surface area contributed by atoms with Gasteiger partial charge in [-0.2, -0.15) is 0 Å². The van der Waals surface area contributed by atoms with Crippen molar-refractivity contribution in [2.45, 2.75) is 25.4 Å². The Kier molecular flexibility index (Phi) is 6.69. The Balaban J connectivity index is 1.83. The van der Waals surface area contributed by atoms with Gasteiger partial charge in [-0.25, -0.2) is 8.78 Å². The van der Waals surface area contributed by atoms with Crippen LogP contribution in [0, 0.1) is 0 Å². The molecular weight excluding hydrogens is 314 g/mol.